The van der Waals surface area contributed by atoms with Gasteiger partial charge >= 0.3 is 0 Å². The Morgan fingerprint density at radius 3 is 3.06 bits per heavy atom. The van der Waals surface area contributed by atoms with Crippen LogP contribution in [0.15, 0.2) is 22.9 Å². The van der Waals surface area contributed by atoms with E-state index in [4.69, 9.17) is 5.26 Å². The molecule has 0 atom stereocenters. The number of hydrogen-bond acceptors (Lipinski definition) is 3. The van der Waals surface area contributed by atoms with Crippen LogP contribution in [0.4, 0.5) is 0 Å². The van der Waals surface area contributed by atoms with Crippen LogP contribution in [-0.2, 0) is 6.54 Å². The van der Waals surface area contributed by atoms with Crippen LogP contribution in [0.3, 0.4) is 0 Å². The fraction of sp³-hybridized carbons (Fsp3) is 0.333. The second-order valence-electron chi connectivity index (χ2n) is 4.06. The van der Waals surface area contributed by atoms with Gasteiger partial charge in [0.2, 0.25) is 0 Å². The zero-order chi connectivity index (χ0) is 11.0. The molecule has 2 aromatic rings. The van der Waals surface area contributed by atoms with Crippen LogP contribution >= 0.6 is 11.3 Å². The second-order valence-corrected chi connectivity index (χ2v) is 4.84. The molecule has 80 valence electrons. The van der Waals surface area contributed by atoms with E-state index in [9.17, 15) is 0 Å². The van der Waals surface area contributed by atoms with Crippen molar-refractivity contribution in [2.45, 2.75) is 25.3 Å². The maximum absolute atomic E-state index is 8.78. The number of nitriles is 1. The van der Waals surface area contributed by atoms with Crippen molar-refractivity contribution in [3.05, 3.63) is 28.6 Å². The molecule has 0 aliphatic heterocycles. The normalized spacial score (nSPS) is 14.9. The molecule has 1 saturated carbocycles. The molecule has 0 saturated heterocycles. The van der Waals surface area contributed by atoms with E-state index in [-0.39, 0.29) is 0 Å². The minimum absolute atomic E-state index is 0.357. The van der Waals surface area contributed by atoms with E-state index < -0.39 is 0 Å². The van der Waals surface area contributed by atoms with Crippen LogP contribution in [0.5, 0.6) is 0 Å². The third-order valence-electron chi connectivity index (χ3n) is 2.84. The molecule has 4 heteroatoms. The Balaban J connectivity index is 2.01. The van der Waals surface area contributed by atoms with Crippen molar-refractivity contribution in [2.75, 3.05) is 0 Å². The number of nitrogens with zero attached hydrogens (tertiary/aromatic N) is 3. The molecule has 1 aliphatic carbocycles. The second kappa shape index (κ2) is 3.76. The van der Waals surface area contributed by atoms with Gasteiger partial charge in [0.25, 0.3) is 0 Å². The molecule has 2 heterocycles. The Hall–Kier alpha value is -1.60. The summed E-state index contributed by atoms with van der Waals surface area (Å²) in [6.45, 7) is 0.357. The monoisotopic (exact) mass is 229 g/mol. The topological polar surface area (TPSA) is 41.6 Å². The Morgan fingerprint density at radius 2 is 2.44 bits per heavy atom. The summed E-state index contributed by atoms with van der Waals surface area (Å²) in [6.07, 6.45) is 2.47. The van der Waals surface area contributed by atoms with E-state index >= 15 is 0 Å². The maximum atomic E-state index is 8.78. The van der Waals surface area contributed by atoms with E-state index in [0.29, 0.717) is 12.5 Å². The van der Waals surface area contributed by atoms with Crippen LogP contribution in [-0.4, -0.2) is 9.78 Å². The molecule has 0 N–H and O–H groups in total. The van der Waals surface area contributed by atoms with Crippen LogP contribution < -0.4 is 0 Å². The van der Waals surface area contributed by atoms with Crippen molar-refractivity contribution in [3.8, 4) is 17.3 Å². The molecule has 0 radical (unpaired) electrons. The molecule has 0 spiro atoms. The molecular formula is C12H11N3S. The number of rotatable bonds is 3. The first kappa shape index (κ1) is 9.61. The molecule has 1 aliphatic rings. The lowest BCUT2D eigenvalue weighted by molar-refractivity contribution is 0.668. The Kier molecular flexibility index (Phi) is 2.26. The first-order valence-corrected chi connectivity index (χ1v) is 6.30. The highest BCUT2D eigenvalue weighted by Crippen LogP contribution is 2.41. The lowest BCUT2D eigenvalue weighted by Crippen LogP contribution is -2.02. The maximum Gasteiger partial charge on any atom is 0.128 e. The molecule has 0 bridgehead atoms. The third kappa shape index (κ3) is 1.63. The zero-order valence-electron chi connectivity index (χ0n) is 8.76. The fourth-order valence-corrected chi connectivity index (χ4v) is 2.53. The van der Waals surface area contributed by atoms with Gasteiger partial charge in [0.15, 0.2) is 0 Å². The average Bonchev–Trinajstić information content (AvgIpc) is 2.82. The van der Waals surface area contributed by atoms with Crippen LogP contribution in [0.25, 0.3) is 11.3 Å². The predicted molar refractivity (Wildman–Crippen MR) is 63.1 cm³/mol. The highest BCUT2D eigenvalue weighted by Gasteiger charge is 2.28. The summed E-state index contributed by atoms with van der Waals surface area (Å²) in [5.74, 6) is 0.633. The molecule has 3 nitrogen and oxygen atoms in total. The van der Waals surface area contributed by atoms with E-state index in [1.165, 1.54) is 18.5 Å². The molecule has 0 unspecified atom stereocenters. The quantitative estimate of drug-likeness (QED) is 0.811. The molecule has 3 rings (SSSR count). The summed E-state index contributed by atoms with van der Waals surface area (Å²) in [5.41, 5.74) is 3.38. The summed E-state index contributed by atoms with van der Waals surface area (Å²) < 4.78 is 1.85. The van der Waals surface area contributed by atoms with Crippen molar-refractivity contribution >= 4 is 11.3 Å². The van der Waals surface area contributed by atoms with Gasteiger partial charge in [-0.2, -0.15) is 21.7 Å². The van der Waals surface area contributed by atoms with Gasteiger partial charge < -0.3 is 0 Å². The SMILES string of the molecule is N#CCn1nc(-c2ccsc2)cc1C1CC1. The predicted octanol–water partition coefficient (Wildman–Crippen LogP) is 3.01. The summed E-state index contributed by atoms with van der Waals surface area (Å²) in [7, 11) is 0. The van der Waals surface area contributed by atoms with Crippen molar-refractivity contribution in [2.24, 2.45) is 0 Å². The first-order chi connectivity index (χ1) is 7.88. The number of thiophene rings is 1. The Labute approximate surface area is 97.9 Å². The lowest BCUT2D eigenvalue weighted by atomic mass is 10.2. The smallest absolute Gasteiger partial charge is 0.128 e. The van der Waals surface area contributed by atoms with Gasteiger partial charge in [0, 0.05) is 22.6 Å². The van der Waals surface area contributed by atoms with Crippen molar-refractivity contribution in [3.63, 3.8) is 0 Å². The van der Waals surface area contributed by atoms with Gasteiger partial charge in [0.1, 0.15) is 6.54 Å². The number of aromatic nitrogens is 2. The van der Waals surface area contributed by atoms with Crippen LogP contribution in [0, 0.1) is 11.3 Å². The number of hydrogen-bond donors (Lipinski definition) is 0. The average molecular weight is 229 g/mol. The Bertz CT molecular complexity index is 529. The summed E-state index contributed by atoms with van der Waals surface area (Å²) in [6, 6.07) is 6.37. The van der Waals surface area contributed by atoms with Gasteiger partial charge in [-0.3, -0.25) is 4.68 Å². The van der Waals surface area contributed by atoms with E-state index in [0.717, 1.165) is 11.3 Å². The molecule has 2 aromatic heterocycles. The van der Waals surface area contributed by atoms with E-state index in [1.54, 1.807) is 11.3 Å². The molecule has 1 fully saturated rings. The van der Waals surface area contributed by atoms with Gasteiger partial charge in [-0.25, -0.2) is 0 Å². The standard InChI is InChI=1S/C12H11N3S/c13-4-5-15-12(9-1-2-9)7-11(14-15)10-3-6-16-8-10/h3,6-9H,1-2,5H2. The van der Waals surface area contributed by atoms with Crippen molar-refractivity contribution < 1.29 is 0 Å². The molecule has 16 heavy (non-hydrogen) atoms. The Morgan fingerprint density at radius 1 is 1.56 bits per heavy atom. The van der Waals surface area contributed by atoms with Gasteiger partial charge in [0.05, 0.1) is 11.8 Å². The highest BCUT2D eigenvalue weighted by atomic mass is 32.1. The van der Waals surface area contributed by atoms with Crippen LogP contribution in [0.2, 0.25) is 0 Å². The summed E-state index contributed by atoms with van der Waals surface area (Å²) >= 11 is 1.67. The zero-order valence-corrected chi connectivity index (χ0v) is 9.57. The van der Waals surface area contributed by atoms with E-state index in [2.05, 4.69) is 34.1 Å². The van der Waals surface area contributed by atoms with Crippen LogP contribution in [0.1, 0.15) is 24.5 Å². The fourth-order valence-electron chi connectivity index (χ4n) is 1.88. The lowest BCUT2D eigenvalue weighted by Gasteiger charge is -1.98. The van der Waals surface area contributed by atoms with E-state index in [1.807, 2.05) is 4.68 Å². The molecule has 0 amide bonds. The molecule has 0 aromatic carbocycles. The minimum atomic E-state index is 0.357. The van der Waals surface area contributed by atoms with Gasteiger partial charge in [-0.15, -0.1) is 0 Å². The van der Waals surface area contributed by atoms with Gasteiger partial charge in [-0.05, 0) is 30.4 Å². The van der Waals surface area contributed by atoms with Crippen molar-refractivity contribution in [1.29, 1.82) is 5.26 Å². The third-order valence-corrected chi connectivity index (χ3v) is 3.53. The van der Waals surface area contributed by atoms with Crippen molar-refractivity contribution in [1.82, 2.24) is 9.78 Å². The highest BCUT2D eigenvalue weighted by molar-refractivity contribution is 7.08. The molecular weight excluding hydrogens is 218 g/mol. The largest absolute Gasteiger partial charge is 0.254 e. The van der Waals surface area contributed by atoms with Gasteiger partial charge in [-0.1, -0.05) is 0 Å². The first-order valence-electron chi connectivity index (χ1n) is 5.36. The minimum Gasteiger partial charge on any atom is -0.254 e. The summed E-state index contributed by atoms with van der Waals surface area (Å²) in [4.78, 5) is 0. The summed E-state index contributed by atoms with van der Waals surface area (Å²) in [5, 5.41) is 17.4.